The van der Waals surface area contributed by atoms with Gasteiger partial charge in [0, 0.05) is 19.3 Å². The Morgan fingerprint density at radius 1 is 0.926 bits per heavy atom. The fourth-order valence-electron chi connectivity index (χ4n) is 3.14. The number of amides is 2. The van der Waals surface area contributed by atoms with Crippen molar-refractivity contribution < 1.29 is 14.3 Å². The van der Waals surface area contributed by atoms with Crippen LogP contribution >= 0.6 is 0 Å². The number of ether oxygens (including phenoxy) is 1. The molecule has 0 fully saturated rings. The smallest absolute Gasteiger partial charge is 0.278 e. The summed E-state index contributed by atoms with van der Waals surface area (Å²) in [6.45, 7) is 4.84. The summed E-state index contributed by atoms with van der Waals surface area (Å²) in [5, 5.41) is 0. The van der Waals surface area contributed by atoms with Crippen molar-refractivity contribution in [1.82, 2.24) is 4.90 Å². The van der Waals surface area contributed by atoms with E-state index in [1.54, 1.807) is 11.8 Å². The van der Waals surface area contributed by atoms with Crippen molar-refractivity contribution in [2.45, 2.75) is 20.3 Å². The van der Waals surface area contributed by atoms with Gasteiger partial charge in [0.1, 0.15) is 11.4 Å². The number of carbonyl (C=O) groups excluding carboxylic acids is 2. The lowest BCUT2D eigenvalue weighted by atomic mass is 10.0. The SMILES string of the molecule is CCCOc1ccc(C2=C(N(C)c3ccccc3)C(=O)N(CC)C2=O)cc1. The van der Waals surface area contributed by atoms with Gasteiger partial charge in [0.05, 0.1) is 12.2 Å². The molecule has 0 saturated carbocycles. The Morgan fingerprint density at radius 2 is 1.59 bits per heavy atom. The molecule has 1 heterocycles. The molecule has 0 saturated heterocycles. The summed E-state index contributed by atoms with van der Waals surface area (Å²) in [6.07, 6.45) is 0.928. The minimum atomic E-state index is -0.268. The van der Waals surface area contributed by atoms with Gasteiger partial charge in [0.2, 0.25) is 0 Å². The second kappa shape index (κ2) is 8.08. The number of imide groups is 1. The van der Waals surface area contributed by atoms with Crippen LogP contribution in [0.5, 0.6) is 5.75 Å². The van der Waals surface area contributed by atoms with E-state index in [9.17, 15) is 9.59 Å². The fourth-order valence-corrected chi connectivity index (χ4v) is 3.14. The highest BCUT2D eigenvalue weighted by Crippen LogP contribution is 2.33. The largest absolute Gasteiger partial charge is 0.494 e. The summed E-state index contributed by atoms with van der Waals surface area (Å²) in [7, 11) is 1.81. The monoisotopic (exact) mass is 364 g/mol. The van der Waals surface area contributed by atoms with Gasteiger partial charge in [-0.1, -0.05) is 37.3 Å². The zero-order valence-corrected chi connectivity index (χ0v) is 15.9. The van der Waals surface area contributed by atoms with Crippen molar-refractivity contribution in [3.63, 3.8) is 0 Å². The molecule has 0 N–H and O–H groups in total. The summed E-state index contributed by atoms with van der Waals surface area (Å²) >= 11 is 0. The summed E-state index contributed by atoms with van der Waals surface area (Å²) in [5.41, 5.74) is 2.39. The molecule has 2 aromatic carbocycles. The normalized spacial score (nSPS) is 14.1. The van der Waals surface area contributed by atoms with E-state index < -0.39 is 0 Å². The summed E-state index contributed by atoms with van der Waals surface area (Å²) in [6, 6.07) is 16.9. The van der Waals surface area contributed by atoms with E-state index in [2.05, 4.69) is 0 Å². The van der Waals surface area contributed by atoms with Gasteiger partial charge < -0.3 is 9.64 Å². The molecule has 0 aromatic heterocycles. The maximum absolute atomic E-state index is 12.9. The molecule has 140 valence electrons. The minimum Gasteiger partial charge on any atom is -0.494 e. The predicted octanol–water partition coefficient (Wildman–Crippen LogP) is 3.71. The van der Waals surface area contributed by atoms with E-state index in [1.807, 2.05) is 68.6 Å². The van der Waals surface area contributed by atoms with Gasteiger partial charge in [-0.05, 0) is 43.2 Å². The first kappa shape index (κ1) is 18.7. The summed E-state index contributed by atoms with van der Waals surface area (Å²) in [4.78, 5) is 28.9. The van der Waals surface area contributed by atoms with Crippen molar-refractivity contribution in [3.8, 4) is 5.75 Å². The number of nitrogens with zero attached hydrogens (tertiary/aromatic N) is 2. The van der Waals surface area contributed by atoms with Crippen LogP contribution in [0.1, 0.15) is 25.8 Å². The number of benzene rings is 2. The summed E-state index contributed by atoms with van der Waals surface area (Å²) < 4.78 is 5.62. The Morgan fingerprint density at radius 3 is 2.19 bits per heavy atom. The van der Waals surface area contributed by atoms with Crippen LogP contribution in [0.2, 0.25) is 0 Å². The molecule has 0 radical (unpaired) electrons. The average Bonchev–Trinajstić information content (AvgIpc) is 2.96. The number of rotatable bonds is 7. The molecule has 5 heteroatoms. The van der Waals surface area contributed by atoms with Crippen LogP contribution in [0.4, 0.5) is 5.69 Å². The van der Waals surface area contributed by atoms with Crippen LogP contribution in [-0.2, 0) is 9.59 Å². The summed E-state index contributed by atoms with van der Waals surface area (Å²) in [5.74, 6) is 0.223. The first-order valence-corrected chi connectivity index (χ1v) is 9.21. The highest BCUT2D eigenvalue weighted by molar-refractivity contribution is 6.36. The molecule has 3 rings (SSSR count). The van der Waals surface area contributed by atoms with Gasteiger partial charge in [-0.3, -0.25) is 14.5 Å². The Balaban J connectivity index is 2.04. The van der Waals surface area contributed by atoms with Crippen LogP contribution in [0.3, 0.4) is 0 Å². The maximum Gasteiger partial charge on any atom is 0.278 e. The molecule has 2 aromatic rings. The van der Waals surface area contributed by atoms with Crippen LogP contribution in [0, 0.1) is 0 Å². The van der Waals surface area contributed by atoms with Gasteiger partial charge in [-0.15, -0.1) is 0 Å². The molecule has 2 amide bonds. The van der Waals surface area contributed by atoms with Crippen molar-refractivity contribution in [2.75, 3.05) is 25.1 Å². The van der Waals surface area contributed by atoms with Crippen molar-refractivity contribution in [1.29, 1.82) is 0 Å². The molecule has 5 nitrogen and oxygen atoms in total. The first-order valence-electron chi connectivity index (χ1n) is 9.21. The number of hydrogen-bond donors (Lipinski definition) is 0. The van der Waals surface area contributed by atoms with Crippen LogP contribution in [-0.4, -0.2) is 36.9 Å². The molecule has 0 atom stereocenters. The van der Waals surface area contributed by atoms with E-state index in [4.69, 9.17) is 4.74 Å². The highest BCUT2D eigenvalue weighted by atomic mass is 16.5. The Kier molecular flexibility index (Phi) is 5.60. The van der Waals surface area contributed by atoms with Gasteiger partial charge >= 0.3 is 0 Å². The zero-order chi connectivity index (χ0) is 19.4. The molecular weight excluding hydrogens is 340 g/mol. The van der Waals surface area contributed by atoms with Crippen LogP contribution < -0.4 is 9.64 Å². The predicted molar refractivity (Wildman–Crippen MR) is 106 cm³/mol. The lowest BCUT2D eigenvalue weighted by Crippen LogP contribution is -2.33. The second-order valence-electron chi connectivity index (χ2n) is 6.35. The molecule has 1 aliphatic heterocycles. The fraction of sp³-hybridized carbons (Fsp3) is 0.273. The standard InChI is InChI=1S/C22H24N2O3/c1-4-15-27-18-13-11-16(12-14-18)19-20(22(26)24(5-2)21(19)25)23(3)17-9-7-6-8-10-17/h6-14H,4-5,15H2,1-3H3. The number of hydrogen-bond acceptors (Lipinski definition) is 4. The van der Waals surface area contributed by atoms with Crippen LogP contribution in [0.25, 0.3) is 5.57 Å². The Labute approximate surface area is 159 Å². The molecule has 0 spiro atoms. The maximum atomic E-state index is 12.9. The van der Waals surface area contributed by atoms with Gasteiger partial charge in [-0.25, -0.2) is 0 Å². The highest BCUT2D eigenvalue weighted by Gasteiger charge is 2.40. The third kappa shape index (κ3) is 3.58. The van der Waals surface area contributed by atoms with Crippen molar-refractivity contribution >= 4 is 23.1 Å². The van der Waals surface area contributed by atoms with E-state index in [0.717, 1.165) is 17.9 Å². The third-order valence-corrected chi connectivity index (χ3v) is 4.55. The van der Waals surface area contributed by atoms with E-state index in [1.165, 1.54) is 4.90 Å². The number of para-hydroxylation sites is 1. The molecule has 0 bridgehead atoms. The zero-order valence-electron chi connectivity index (χ0n) is 15.9. The first-order chi connectivity index (χ1) is 13.1. The average molecular weight is 364 g/mol. The molecule has 0 unspecified atom stereocenters. The van der Waals surface area contributed by atoms with Crippen LogP contribution in [0.15, 0.2) is 60.3 Å². The number of likely N-dealkylation sites (N-methyl/N-ethyl adjacent to an activating group) is 2. The quantitative estimate of drug-likeness (QED) is 0.703. The molecule has 27 heavy (non-hydrogen) atoms. The van der Waals surface area contributed by atoms with Crippen molar-refractivity contribution in [2.24, 2.45) is 0 Å². The Bertz CT molecular complexity index is 857. The van der Waals surface area contributed by atoms with E-state index >= 15 is 0 Å². The van der Waals surface area contributed by atoms with Gasteiger partial charge in [0.25, 0.3) is 11.8 Å². The minimum absolute atomic E-state index is 0.262. The molecule has 1 aliphatic rings. The molecular formula is C22H24N2O3. The van der Waals surface area contributed by atoms with Gasteiger partial charge in [-0.2, -0.15) is 0 Å². The van der Waals surface area contributed by atoms with Crippen molar-refractivity contribution in [3.05, 3.63) is 65.9 Å². The van der Waals surface area contributed by atoms with E-state index in [0.29, 0.717) is 30.0 Å². The molecule has 0 aliphatic carbocycles. The topological polar surface area (TPSA) is 49.9 Å². The lowest BCUT2D eigenvalue weighted by Gasteiger charge is -2.21. The Hall–Kier alpha value is -3.08. The van der Waals surface area contributed by atoms with E-state index in [-0.39, 0.29) is 11.8 Å². The number of anilines is 1. The lowest BCUT2D eigenvalue weighted by molar-refractivity contribution is -0.136. The van der Waals surface area contributed by atoms with Gasteiger partial charge in [0.15, 0.2) is 0 Å². The second-order valence-corrected chi connectivity index (χ2v) is 6.35. The number of carbonyl (C=O) groups is 2. The third-order valence-electron chi connectivity index (χ3n) is 4.55.